The number of amides is 1. The van der Waals surface area contributed by atoms with E-state index >= 15 is 0 Å². The number of thioether (sulfide) groups is 1. The Balaban J connectivity index is 1.86. The summed E-state index contributed by atoms with van der Waals surface area (Å²) in [5, 5.41) is 1.08. The largest absolute Gasteiger partial charge is 0.494 e. The fraction of sp³-hybridized carbons (Fsp3) is 0.278. The maximum Gasteiger partial charge on any atom is 0.261 e. The minimum Gasteiger partial charge on any atom is -0.494 e. The number of pyridine rings is 1. The molecule has 1 aliphatic heterocycles. The van der Waals surface area contributed by atoms with Gasteiger partial charge in [-0.15, -0.1) is 0 Å². The number of aromatic nitrogens is 1. The fourth-order valence-electron chi connectivity index (χ4n) is 2.47. The molecule has 0 aliphatic carbocycles. The quantitative estimate of drug-likeness (QED) is 0.662. The van der Waals surface area contributed by atoms with E-state index in [4.69, 9.17) is 27.9 Å². The average molecular weight is 410 g/mol. The minimum absolute atomic E-state index is 0.0170. The zero-order valence-corrected chi connectivity index (χ0v) is 16.6. The molecule has 1 fully saturated rings. The molecule has 1 saturated heterocycles. The first-order chi connectivity index (χ1) is 12.5. The van der Waals surface area contributed by atoms with E-state index < -0.39 is 0 Å². The summed E-state index contributed by atoms with van der Waals surface area (Å²) in [5.74, 6) is 1.37. The standard InChI is InChI=1S/C18H17Cl2N3O2S/c1-3-25-14-6-4-13(5-7-14)22-18-23(11(2)10-26-18)17(24)12-8-15(19)16(20)21-9-12/h4-9,11H,3,10H2,1-2H3/t11-/m1/s1. The molecule has 26 heavy (non-hydrogen) atoms. The van der Waals surface area contributed by atoms with Crippen molar-refractivity contribution in [2.45, 2.75) is 19.9 Å². The first kappa shape index (κ1) is 19.0. The second-order valence-electron chi connectivity index (χ2n) is 5.65. The molecule has 5 nitrogen and oxygen atoms in total. The number of halogens is 2. The second kappa shape index (κ2) is 8.29. The summed E-state index contributed by atoms with van der Waals surface area (Å²) in [7, 11) is 0. The fourth-order valence-corrected chi connectivity index (χ4v) is 3.85. The predicted octanol–water partition coefficient (Wildman–Crippen LogP) is 5.05. The van der Waals surface area contributed by atoms with Crippen LogP contribution < -0.4 is 4.74 Å². The number of nitrogens with zero attached hydrogens (tertiary/aromatic N) is 3. The van der Waals surface area contributed by atoms with E-state index in [1.54, 1.807) is 16.7 Å². The lowest BCUT2D eigenvalue weighted by molar-refractivity contribution is 0.0828. The van der Waals surface area contributed by atoms with Gasteiger partial charge in [-0.1, -0.05) is 35.0 Å². The molecule has 0 saturated carbocycles. The SMILES string of the molecule is CCOc1ccc(N=C2SC[C@@H](C)N2C(=O)c2cnc(Cl)c(Cl)c2)cc1. The van der Waals surface area contributed by atoms with Gasteiger partial charge in [0.05, 0.1) is 22.9 Å². The van der Waals surface area contributed by atoms with Crippen molar-refractivity contribution >= 4 is 51.7 Å². The Kier molecular flexibility index (Phi) is 6.06. The van der Waals surface area contributed by atoms with Gasteiger partial charge in [0.1, 0.15) is 10.9 Å². The highest BCUT2D eigenvalue weighted by atomic mass is 35.5. The molecule has 3 rings (SSSR count). The number of ether oxygens (including phenoxy) is 1. The topological polar surface area (TPSA) is 54.8 Å². The molecule has 1 aliphatic rings. The van der Waals surface area contributed by atoms with Crippen LogP contribution in [-0.4, -0.2) is 39.4 Å². The molecule has 1 aromatic carbocycles. The molecule has 136 valence electrons. The average Bonchev–Trinajstić information content (AvgIpc) is 2.99. The van der Waals surface area contributed by atoms with Crippen LogP contribution in [-0.2, 0) is 0 Å². The highest BCUT2D eigenvalue weighted by molar-refractivity contribution is 8.14. The third-order valence-electron chi connectivity index (χ3n) is 3.73. The van der Waals surface area contributed by atoms with Gasteiger partial charge in [-0.05, 0) is 44.2 Å². The van der Waals surface area contributed by atoms with E-state index in [-0.39, 0.29) is 22.1 Å². The number of carbonyl (C=O) groups excluding carboxylic acids is 1. The molecule has 0 radical (unpaired) electrons. The Morgan fingerprint density at radius 2 is 2.12 bits per heavy atom. The highest BCUT2D eigenvalue weighted by Gasteiger charge is 2.33. The normalized spacial score (nSPS) is 18.4. The highest BCUT2D eigenvalue weighted by Crippen LogP contribution is 2.30. The van der Waals surface area contributed by atoms with Crippen LogP contribution in [0.3, 0.4) is 0 Å². The number of hydrogen-bond donors (Lipinski definition) is 0. The maximum absolute atomic E-state index is 12.9. The number of aliphatic imine (C=N–C) groups is 1. The molecule has 2 heterocycles. The molecule has 0 spiro atoms. The van der Waals surface area contributed by atoms with Gasteiger partial charge in [-0.25, -0.2) is 9.98 Å². The van der Waals surface area contributed by atoms with Crippen LogP contribution in [0.4, 0.5) is 5.69 Å². The molecule has 0 unspecified atom stereocenters. The van der Waals surface area contributed by atoms with E-state index in [0.717, 1.165) is 17.2 Å². The van der Waals surface area contributed by atoms with Gasteiger partial charge in [0, 0.05) is 18.0 Å². The molecule has 2 aromatic rings. The summed E-state index contributed by atoms with van der Waals surface area (Å²) in [6, 6.07) is 9.00. The van der Waals surface area contributed by atoms with Crippen LogP contribution in [0.15, 0.2) is 41.5 Å². The Morgan fingerprint density at radius 3 is 2.77 bits per heavy atom. The maximum atomic E-state index is 12.9. The van der Waals surface area contributed by atoms with E-state index in [9.17, 15) is 4.79 Å². The zero-order valence-electron chi connectivity index (χ0n) is 14.3. The van der Waals surface area contributed by atoms with Gasteiger partial charge in [0.15, 0.2) is 5.17 Å². The van der Waals surface area contributed by atoms with Crippen molar-refractivity contribution < 1.29 is 9.53 Å². The molecular weight excluding hydrogens is 393 g/mol. The predicted molar refractivity (Wildman–Crippen MR) is 107 cm³/mol. The number of amidine groups is 1. The van der Waals surface area contributed by atoms with Crippen molar-refractivity contribution in [3.05, 3.63) is 52.3 Å². The molecular formula is C18H17Cl2N3O2S. The van der Waals surface area contributed by atoms with Gasteiger partial charge in [0.25, 0.3) is 5.91 Å². The Hall–Kier alpha value is -1.76. The first-order valence-corrected chi connectivity index (χ1v) is 9.82. The van der Waals surface area contributed by atoms with Gasteiger partial charge < -0.3 is 4.74 Å². The van der Waals surface area contributed by atoms with Crippen LogP contribution in [0.25, 0.3) is 0 Å². The van der Waals surface area contributed by atoms with Gasteiger partial charge in [-0.2, -0.15) is 0 Å². The molecule has 8 heteroatoms. The van der Waals surface area contributed by atoms with Gasteiger partial charge in [-0.3, -0.25) is 9.69 Å². The minimum atomic E-state index is -0.196. The lowest BCUT2D eigenvalue weighted by Gasteiger charge is -2.21. The molecule has 1 aromatic heterocycles. The van der Waals surface area contributed by atoms with Crippen molar-refractivity contribution in [2.75, 3.05) is 12.4 Å². The lowest BCUT2D eigenvalue weighted by Crippen LogP contribution is -2.37. The lowest BCUT2D eigenvalue weighted by atomic mass is 10.2. The van der Waals surface area contributed by atoms with E-state index in [1.165, 1.54) is 12.3 Å². The monoisotopic (exact) mass is 409 g/mol. The van der Waals surface area contributed by atoms with Gasteiger partial charge >= 0.3 is 0 Å². The van der Waals surface area contributed by atoms with Crippen molar-refractivity contribution in [1.82, 2.24) is 9.88 Å². The van der Waals surface area contributed by atoms with Gasteiger partial charge in [0.2, 0.25) is 0 Å². The number of rotatable bonds is 4. The molecule has 0 N–H and O–H groups in total. The summed E-state index contributed by atoms with van der Waals surface area (Å²) in [4.78, 5) is 23.2. The van der Waals surface area contributed by atoms with Crippen LogP contribution in [0.1, 0.15) is 24.2 Å². The Morgan fingerprint density at radius 1 is 1.38 bits per heavy atom. The van der Waals surface area contributed by atoms with Crippen molar-refractivity contribution in [3.63, 3.8) is 0 Å². The van der Waals surface area contributed by atoms with Crippen LogP contribution in [0, 0.1) is 0 Å². The smallest absolute Gasteiger partial charge is 0.261 e. The summed E-state index contributed by atoms with van der Waals surface area (Å²) in [6.07, 6.45) is 1.43. The van der Waals surface area contributed by atoms with Crippen LogP contribution in [0.2, 0.25) is 10.2 Å². The Labute approximate surface area is 166 Å². The van der Waals surface area contributed by atoms with E-state index in [1.807, 2.05) is 38.1 Å². The first-order valence-electron chi connectivity index (χ1n) is 8.08. The summed E-state index contributed by atoms with van der Waals surface area (Å²) in [5.41, 5.74) is 1.14. The van der Waals surface area contributed by atoms with Crippen molar-refractivity contribution in [1.29, 1.82) is 0 Å². The molecule has 1 atom stereocenters. The molecule has 0 bridgehead atoms. The zero-order chi connectivity index (χ0) is 18.7. The summed E-state index contributed by atoms with van der Waals surface area (Å²) >= 11 is 13.4. The van der Waals surface area contributed by atoms with E-state index in [0.29, 0.717) is 17.3 Å². The van der Waals surface area contributed by atoms with Crippen LogP contribution >= 0.6 is 35.0 Å². The third-order valence-corrected chi connectivity index (χ3v) is 5.62. The van der Waals surface area contributed by atoms with Crippen molar-refractivity contribution in [2.24, 2.45) is 4.99 Å². The van der Waals surface area contributed by atoms with E-state index in [2.05, 4.69) is 9.98 Å². The Bertz CT molecular complexity index is 843. The summed E-state index contributed by atoms with van der Waals surface area (Å²) < 4.78 is 5.44. The number of hydrogen-bond acceptors (Lipinski definition) is 5. The van der Waals surface area contributed by atoms with Crippen molar-refractivity contribution in [3.8, 4) is 5.75 Å². The second-order valence-corrected chi connectivity index (χ2v) is 7.41. The third kappa shape index (κ3) is 4.14. The molecule has 1 amide bonds. The summed E-state index contributed by atoms with van der Waals surface area (Å²) in [6.45, 7) is 4.53. The number of carbonyl (C=O) groups is 1. The van der Waals surface area contributed by atoms with Crippen LogP contribution in [0.5, 0.6) is 5.75 Å². The number of benzene rings is 1.